The third-order valence-corrected chi connectivity index (χ3v) is 2.39. The summed E-state index contributed by atoms with van der Waals surface area (Å²) in [5.74, 6) is -3.08. The van der Waals surface area contributed by atoms with Crippen LogP contribution in [0.2, 0.25) is 0 Å². The lowest BCUT2D eigenvalue weighted by molar-refractivity contribution is -0.140. The van der Waals surface area contributed by atoms with E-state index in [2.05, 4.69) is 0 Å². The van der Waals surface area contributed by atoms with Crippen molar-refractivity contribution >= 4 is 29.0 Å². The minimum Gasteiger partial charge on any atom is -0.477 e. The largest absolute Gasteiger partial charge is 0.477 e. The van der Waals surface area contributed by atoms with Crippen LogP contribution in [0.1, 0.15) is 4.88 Å². The number of nitrogens with two attached hydrogens (primary N) is 1. The van der Waals surface area contributed by atoms with E-state index in [1.807, 2.05) is 0 Å². The quantitative estimate of drug-likeness (QED) is 0.387. The fourth-order valence-electron chi connectivity index (χ4n) is 0.877. The Morgan fingerprint density at radius 1 is 1.29 bits per heavy atom. The molecule has 0 aliphatic carbocycles. The number of hydrogen-bond acceptors (Lipinski definition) is 4. The molecule has 0 aliphatic heterocycles. The number of thiophene rings is 1. The number of carboxylic acids is 2. The molecule has 1 rings (SSSR count). The maximum Gasteiger partial charge on any atom is 0.345 e. The third kappa shape index (κ3) is 1.91. The molecule has 0 aliphatic rings. The third-order valence-electron chi connectivity index (χ3n) is 1.48. The molecule has 6 heteroatoms. The van der Waals surface area contributed by atoms with Gasteiger partial charge in [-0.3, -0.25) is 0 Å². The Hall–Kier alpha value is -1.82. The zero-order valence-electron chi connectivity index (χ0n) is 6.93. The second-order valence-electron chi connectivity index (χ2n) is 2.38. The minimum absolute atomic E-state index is 0.222. The van der Waals surface area contributed by atoms with E-state index in [1.165, 1.54) is 11.3 Å². The zero-order valence-corrected chi connectivity index (χ0v) is 7.75. The van der Waals surface area contributed by atoms with Crippen LogP contribution in [-0.2, 0) is 9.59 Å². The summed E-state index contributed by atoms with van der Waals surface area (Å²) in [4.78, 5) is 21.6. The van der Waals surface area contributed by atoms with Crippen molar-refractivity contribution in [1.29, 1.82) is 0 Å². The molecule has 0 amide bonds. The number of rotatable bonds is 3. The monoisotopic (exact) mass is 213 g/mol. The van der Waals surface area contributed by atoms with Crippen molar-refractivity contribution in [3.8, 4) is 0 Å². The Labute approximate surface area is 83.1 Å². The van der Waals surface area contributed by atoms with Crippen molar-refractivity contribution < 1.29 is 19.8 Å². The van der Waals surface area contributed by atoms with Gasteiger partial charge in [0.05, 0.1) is 10.6 Å². The zero-order chi connectivity index (χ0) is 10.7. The number of hydrogen-bond donors (Lipinski definition) is 3. The molecule has 74 valence electrons. The smallest absolute Gasteiger partial charge is 0.345 e. The van der Waals surface area contributed by atoms with Gasteiger partial charge in [-0.05, 0) is 11.4 Å². The van der Waals surface area contributed by atoms with Gasteiger partial charge in [-0.2, -0.15) is 0 Å². The summed E-state index contributed by atoms with van der Waals surface area (Å²) >= 11 is 1.18. The average Bonchev–Trinajstić information content (AvgIpc) is 2.53. The standard InChI is InChI=1S/C8H7NO4S/c9-6(4-2-1-3-14-4)5(7(10)11)8(12)13/h1-3H,9H2,(H,10,11)(H,12,13). The van der Waals surface area contributed by atoms with Crippen LogP contribution in [0.15, 0.2) is 23.1 Å². The summed E-state index contributed by atoms with van der Waals surface area (Å²) in [5, 5.41) is 18.9. The fourth-order valence-corrected chi connectivity index (χ4v) is 1.57. The normalized spacial score (nSPS) is 9.43. The molecule has 0 atom stereocenters. The molecule has 14 heavy (non-hydrogen) atoms. The average molecular weight is 213 g/mol. The fraction of sp³-hybridized carbons (Fsp3) is 0. The number of carboxylic acid groups (broad SMARTS) is 2. The highest BCUT2D eigenvalue weighted by molar-refractivity contribution is 7.11. The van der Waals surface area contributed by atoms with E-state index < -0.39 is 17.5 Å². The SMILES string of the molecule is NC(=C(C(=O)O)C(=O)O)c1cccs1. The van der Waals surface area contributed by atoms with Crippen LogP contribution in [0, 0.1) is 0 Å². The predicted octanol–water partition coefficient (Wildman–Crippen LogP) is 0.587. The van der Waals surface area contributed by atoms with Crippen LogP contribution in [-0.4, -0.2) is 22.2 Å². The molecule has 5 nitrogen and oxygen atoms in total. The first-order valence-corrected chi connectivity index (χ1v) is 4.42. The lowest BCUT2D eigenvalue weighted by atomic mass is 10.2. The highest BCUT2D eigenvalue weighted by atomic mass is 32.1. The molecule has 1 heterocycles. The summed E-state index contributed by atoms with van der Waals surface area (Å²) in [5.41, 5.74) is 4.39. The van der Waals surface area contributed by atoms with Crippen LogP contribution >= 0.6 is 11.3 Å². The van der Waals surface area contributed by atoms with Crippen LogP contribution in [0.25, 0.3) is 5.70 Å². The summed E-state index contributed by atoms with van der Waals surface area (Å²) < 4.78 is 0. The topological polar surface area (TPSA) is 101 Å². The Balaban J connectivity index is 3.25. The van der Waals surface area contributed by atoms with Gasteiger partial charge in [-0.25, -0.2) is 9.59 Å². The molecule has 4 N–H and O–H groups in total. The Kier molecular flexibility index (Phi) is 2.88. The van der Waals surface area contributed by atoms with Gasteiger partial charge in [0.2, 0.25) is 0 Å². The summed E-state index contributed by atoms with van der Waals surface area (Å²) in [7, 11) is 0. The van der Waals surface area contributed by atoms with Gasteiger partial charge in [0.1, 0.15) is 0 Å². The maximum atomic E-state index is 10.6. The molecular formula is C8H7NO4S. The molecule has 1 aromatic heterocycles. The lowest BCUT2D eigenvalue weighted by Crippen LogP contribution is -2.16. The van der Waals surface area contributed by atoms with Gasteiger partial charge in [-0.1, -0.05) is 6.07 Å². The Bertz CT molecular complexity index is 377. The second-order valence-corrected chi connectivity index (χ2v) is 3.32. The Morgan fingerprint density at radius 2 is 1.86 bits per heavy atom. The molecule has 0 spiro atoms. The van der Waals surface area contributed by atoms with Gasteiger partial charge in [0, 0.05) is 0 Å². The van der Waals surface area contributed by atoms with Crippen molar-refractivity contribution in [2.75, 3.05) is 0 Å². The number of aliphatic carboxylic acids is 2. The van der Waals surface area contributed by atoms with Gasteiger partial charge in [0.15, 0.2) is 5.57 Å². The molecule has 0 fully saturated rings. The van der Waals surface area contributed by atoms with Crippen molar-refractivity contribution in [2.24, 2.45) is 5.73 Å². The van der Waals surface area contributed by atoms with E-state index in [-0.39, 0.29) is 5.70 Å². The number of carbonyl (C=O) groups is 2. The van der Waals surface area contributed by atoms with Crippen LogP contribution in [0.3, 0.4) is 0 Å². The van der Waals surface area contributed by atoms with E-state index in [0.717, 1.165) is 0 Å². The first-order valence-electron chi connectivity index (χ1n) is 3.54. The van der Waals surface area contributed by atoms with E-state index in [4.69, 9.17) is 15.9 Å². The van der Waals surface area contributed by atoms with Crippen molar-refractivity contribution in [1.82, 2.24) is 0 Å². The maximum absolute atomic E-state index is 10.6. The predicted molar refractivity (Wildman–Crippen MR) is 50.7 cm³/mol. The van der Waals surface area contributed by atoms with E-state index in [9.17, 15) is 9.59 Å². The van der Waals surface area contributed by atoms with Crippen LogP contribution in [0.5, 0.6) is 0 Å². The van der Waals surface area contributed by atoms with E-state index in [0.29, 0.717) is 4.88 Å². The molecule has 1 aromatic rings. The van der Waals surface area contributed by atoms with Crippen molar-refractivity contribution in [3.05, 3.63) is 28.0 Å². The molecule has 0 unspecified atom stereocenters. The lowest BCUT2D eigenvalue weighted by Gasteiger charge is -2.00. The Morgan fingerprint density at radius 3 is 2.21 bits per heavy atom. The van der Waals surface area contributed by atoms with Gasteiger partial charge in [0.25, 0.3) is 0 Å². The molecule has 0 aromatic carbocycles. The molecule has 0 bridgehead atoms. The van der Waals surface area contributed by atoms with E-state index in [1.54, 1.807) is 17.5 Å². The molecule has 0 saturated carbocycles. The molecular weight excluding hydrogens is 206 g/mol. The van der Waals surface area contributed by atoms with Crippen molar-refractivity contribution in [2.45, 2.75) is 0 Å². The van der Waals surface area contributed by atoms with Gasteiger partial charge in [-0.15, -0.1) is 11.3 Å². The summed E-state index contributed by atoms with van der Waals surface area (Å²) in [6.07, 6.45) is 0. The second kappa shape index (κ2) is 3.93. The van der Waals surface area contributed by atoms with E-state index >= 15 is 0 Å². The van der Waals surface area contributed by atoms with Gasteiger partial charge >= 0.3 is 11.9 Å². The van der Waals surface area contributed by atoms with Crippen LogP contribution < -0.4 is 5.73 Å². The van der Waals surface area contributed by atoms with Crippen molar-refractivity contribution in [3.63, 3.8) is 0 Å². The molecule has 0 saturated heterocycles. The molecule has 0 radical (unpaired) electrons. The minimum atomic E-state index is -1.54. The highest BCUT2D eigenvalue weighted by Gasteiger charge is 2.21. The highest BCUT2D eigenvalue weighted by Crippen LogP contribution is 2.19. The van der Waals surface area contributed by atoms with Crippen LogP contribution in [0.4, 0.5) is 0 Å². The van der Waals surface area contributed by atoms with Gasteiger partial charge < -0.3 is 15.9 Å². The first kappa shape index (κ1) is 10.3. The first-order chi connectivity index (χ1) is 6.54. The summed E-state index contributed by atoms with van der Waals surface area (Å²) in [6.45, 7) is 0. The summed E-state index contributed by atoms with van der Waals surface area (Å²) in [6, 6.07) is 3.22.